The van der Waals surface area contributed by atoms with Crippen molar-refractivity contribution in [2.75, 3.05) is 13.2 Å². The number of aliphatic hydroxyl groups excluding tert-OH is 2. The number of benzene rings is 2. The van der Waals surface area contributed by atoms with Gasteiger partial charge in [-0.3, -0.25) is 4.79 Å². The maximum atomic E-state index is 11.1. The van der Waals surface area contributed by atoms with Crippen LogP contribution in [0.3, 0.4) is 0 Å². The average Bonchev–Trinajstić information content (AvgIpc) is 3.40. The first-order valence-electron chi connectivity index (χ1n) is 13.7. The van der Waals surface area contributed by atoms with Crippen LogP contribution in [0.5, 0.6) is 5.75 Å². The van der Waals surface area contributed by atoms with Crippen LogP contribution in [0.2, 0.25) is 0 Å². The number of nitrogens with two attached hydrogens (primary N) is 1. The second kappa shape index (κ2) is 14.2. The van der Waals surface area contributed by atoms with Crippen molar-refractivity contribution in [3.05, 3.63) is 52.6 Å². The molecule has 0 aliphatic rings. The Kier molecular flexibility index (Phi) is 11.0. The summed E-state index contributed by atoms with van der Waals surface area (Å²) < 4.78 is 11.6. The lowest BCUT2D eigenvalue weighted by molar-refractivity contribution is -0.127. The Hall–Kier alpha value is -3.27. The Morgan fingerprint density at radius 1 is 1.13 bits per heavy atom. The predicted molar refractivity (Wildman–Crippen MR) is 151 cm³/mol. The van der Waals surface area contributed by atoms with Gasteiger partial charge in [0.25, 0.3) is 5.89 Å². The minimum absolute atomic E-state index is 0.0777. The summed E-state index contributed by atoms with van der Waals surface area (Å²) in [6.45, 7) is 12.1. The molecule has 0 fully saturated rings. The van der Waals surface area contributed by atoms with Crippen LogP contribution in [0.15, 0.2) is 34.9 Å². The highest BCUT2D eigenvalue weighted by molar-refractivity contribution is 5.78. The van der Waals surface area contributed by atoms with Crippen LogP contribution in [-0.2, 0) is 17.8 Å². The lowest BCUT2D eigenvalue weighted by Crippen LogP contribution is -2.33. The third-order valence-corrected chi connectivity index (χ3v) is 6.63. The SMILES string of the molecule is CCCCNCc1cc(-c2nc(-c3cc(C)c(OC[C@@H](O)CC(O)C(N)=O)c(CC)c3)no2)cc(C(C)C)c1. The number of ether oxygens (including phenoxy) is 1. The van der Waals surface area contributed by atoms with Gasteiger partial charge in [-0.15, -0.1) is 0 Å². The molecule has 0 radical (unpaired) electrons. The Morgan fingerprint density at radius 2 is 1.90 bits per heavy atom. The van der Waals surface area contributed by atoms with Gasteiger partial charge >= 0.3 is 0 Å². The van der Waals surface area contributed by atoms with Crippen molar-refractivity contribution >= 4 is 5.91 Å². The summed E-state index contributed by atoms with van der Waals surface area (Å²) in [6.07, 6.45) is 0.341. The van der Waals surface area contributed by atoms with E-state index in [9.17, 15) is 15.0 Å². The van der Waals surface area contributed by atoms with E-state index in [1.54, 1.807) is 0 Å². The highest BCUT2D eigenvalue weighted by Gasteiger charge is 2.20. The molecular weight excluding hydrogens is 496 g/mol. The van der Waals surface area contributed by atoms with Gasteiger partial charge in [0.2, 0.25) is 11.7 Å². The van der Waals surface area contributed by atoms with Gasteiger partial charge in [0.15, 0.2) is 0 Å². The van der Waals surface area contributed by atoms with Gasteiger partial charge in [0.1, 0.15) is 18.5 Å². The molecule has 3 rings (SSSR count). The first-order chi connectivity index (χ1) is 18.6. The molecule has 0 bridgehead atoms. The number of nitrogens with one attached hydrogen (secondary N) is 1. The van der Waals surface area contributed by atoms with E-state index in [0.717, 1.165) is 48.2 Å². The largest absolute Gasteiger partial charge is 0.490 e. The number of rotatable bonds is 15. The van der Waals surface area contributed by atoms with Gasteiger partial charge < -0.3 is 30.5 Å². The van der Waals surface area contributed by atoms with E-state index in [0.29, 0.717) is 29.8 Å². The third kappa shape index (κ3) is 8.36. The summed E-state index contributed by atoms with van der Waals surface area (Å²) >= 11 is 0. The zero-order valence-electron chi connectivity index (χ0n) is 23.7. The quantitative estimate of drug-likeness (QED) is 0.210. The number of hydrogen-bond acceptors (Lipinski definition) is 8. The third-order valence-electron chi connectivity index (χ3n) is 6.63. The van der Waals surface area contributed by atoms with Crippen molar-refractivity contribution in [2.45, 2.75) is 85.0 Å². The van der Waals surface area contributed by atoms with Crippen molar-refractivity contribution in [1.82, 2.24) is 15.5 Å². The average molecular weight is 539 g/mol. The number of aromatic nitrogens is 2. The fourth-order valence-electron chi connectivity index (χ4n) is 4.34. The van der Waals surface area contributed by atoms with E-state index >= 15 is 0 Å². The molecule has 2 atom stereocenters. The first-order valence-corrected chi connectivity index (χ1v) is 13.7. The highest BCUT2D eigenvalue weighted by Crippen LogP contribution is 2.32. The monoisotopic (exact) mass is 538 g/mol. The van der Waals surface area contributed by atoms with Gasteiger partial charge in [-0.25, -0.2) is 0 Å². The number of carbonyl (C=O) groups excluding carboxylic acids is 1. The molecular formula is C30H42N4O5. The molecule has 3 aromatic rings. The van der Waals surface area contributed by atoms with Crippen molar-refractivity contribution in [3.63, 3.8) is 0 Å². The van der Waals surface area contributed by atoms with Crippen molar-refractivity contribution in [3.8, 4) is 28.6 Å². The lowest BCUT2D eigenvalue weighted by atomic mass is 9.97. The number of amides is 1. The first kappa shape index (κ1) is 30.3. The smallest absolute Gasteiger partial charge is 0.258 e. The second-order valence-corrected chi connectivity index (χ2v) is 10.3. The van der Waals surface area contributed by atoms with E-state index in [1.165, 1.54) is 11.1 Å². The van der Waals surface area contributed by atoms with Crippen LogP contribution in [0, 0.1) is 6.92 Å². The summed E-state index contributed by atoms with van der Waals surface area (Å²) in [4.78, 5) is 15.8. The molecule has 2 aromatic carbocycles. The standard InChI is InChI=1S/C30H42N4O5/c1-6-8-9-32-16-20-11-22(18(3)4)14-24(12-20)30-33-29(34-39-30)23-10-19(5)27(21(7-2)13-23)38-17-25(35)15-26(36)28(31)37/h10-14,18,25-26,32,35-36H,6-9,15-17H2,1-5H3,(H2,31,37)/t25-,26?/m0/s1. The van der Waals surface area contributed by atoms with Gasteiger partial charge in [-0.05, 0) is 78.7 Å². The predicted octanol–water partition coefficient (Wildman–Crippen LogP) is 4.26. The van der Waals surface area contributed by atoms with Gasteiger partial charge in [0, 0.05) is 24.1 Å². The van der Waals surface area contributed by atoms with Crippen LogP contribution >= 0.6 is 0 Å². The van der Waals surface area contributed by atoms with Gasteiger partial charge in [-0.1, -0.05) is 45.3 Å². The molecule has 5 N–H and O–H groups in total. The van der Waals surface area contributed by atoms with Crippen LogP contribution < -0.4 is 15.8 Å². The molecule has 1 aromatic heterocycles. The lowest BCUT2D eigenvalue weighted by Gasteiger charge is -2.18. The molecule has 1 heterocycles. The number of unbranched alkanes of at least 4 members (excludes halogenated alkanes) is 1. The normalized spacial score (nSPS) is 13.0. The van der Waals surface area contributed by atoms with E-state index in [4.69, 9.17) is 20.0 Å². The molecule has 0 aliphatic carbocycles. The Labute approximate surface area is 230 Å². The molecule has 0 saturated heterocycles. The fraction of sp³-hybridized carbons (Fsp3) is 0.500. The van der Waals surface area contributed by atoms with Gasteiger partial charge in [-0.2, -0.15) is 4.98 Å². The van der Waals surface area contributed by atoms with Crippen LogP contribution in [0.4, 0.5) is 0 Å². The Bertz CT molecular complexity index is 1240. The summed E-state index contributed by atoms with van der Waals surface area (Å²) in [5.74, 6) is 1.08. The van der Waals surface area contributed by atoms with Crippen molar-refractivity contribution in [1.29, 1.82) is 0 Å². The number of carbonyl (C=O) groups is 1. The number of nitrogens with zero attached hydrogens (tertiary/aromatic N) is 2. The minimum Gasteiger partial charge on any atom is -0.490 e. The molecule has 0 saturated carbocycles. The molecule has 39 heavy (non-hydrogen) atoms. The second-order valence-electron chi connectivity index (χ2n) is 10.3. The number of hydrogen-bond donors (Lipinski definition) is 4. The molecule has 1 unspecified atom stereocenters. The molecule has 9 nitrogen and oxygen atoms in total. The van der Waals surface area contributed by atoms with Crippen molar-refractivity contribution < 1.29 is 24.3 Å². The zero-order chi connectivity index (χ0) is 28.5. The highest BCUT2D eigenvalue weighted by atomic mass is 16.5. The van der Waals surface area contributed by atoms with Gasteiger partial charge in [0.05, 0.1) is 6.10 Å². The van der Waals surface area contributed by atoms with Crippen molar-refractivity contribution in [2.24, 2.45) is 5.73 Å². The summed E-state index contributed by atoms with van der Waals surface area (Å²) in [6, 6.07) is 10.3. The number of aryl methyl sites for hydroxylation is 2. The van der Waals surface area contributed by atoms with E-state index in [1.807, 2.05) is 26.0 Å². The van der Waals surface area contributed by atoms with Crippen LogP contribution in [-0.4, -0.2) is 51.6 Å². The number of primary amides is 1. The maximum Gasteiger partial charge on any atom is 0.258 e. The van der Waals surface area contributed by atoms with E-state index < -0.39 is 18.1 Å². The Balaban J connectivity index is 1.82. The molecule has 9 heteroatoms. The Morgan fingerprint density at radius 3 is 2.56 bits per heavy atom. The maximum absolute atomic E-state index is 11.1. The summed E-state index contributed by atoms with van der Waals surface area (Å²) in [7, 11) is 0. The van der Waals surface area contributed by atoms with E-state index in [2.05, 4.69) is 49.4 Å². The molecule has 1 amide bonds. The van der Waals surface area contributed by atoms with E-state index in [-0.39, 0.29) is 13.0 Å². The van der Waals surface area contributed by atoms with Crippen LogP contribution in [0.1, 0.15) is 75.1 Å². The fourth-order valence-corrected chi connectivity index (χ4v) is 4.34. The number of aliphatic hydroxyl groups is 2. The topological polar surface area (TPSA) is 144 Å². The molecule has 0 aliphatic heterocycles. The summed E-state index contributed by atoms with van der Waals surface area (Å²) in [5, 5.41) is 27.5. The zero-order valence-corrected chi connectivity index (χ0v) is 23.7. The molecule has 0 spiro atoms. The molecule has 212 valence electrons. The van der Waals surface area contributed by atoms with Crippen LogP contribution in [0.25, 0.3) is 22.8 Å². The minimum atomic E-state index is -1.42. The summed E-state index contributed by atoms with van der Waals surface area (Å²) in [5.41, 5.74) is 10.9.